The quantitative estimate of drug-likeness (QED) is 0.228. The molecule has 0 unspecified atom stereocenters. The van der Waals surface area contributed by atoms with E-state index in [9.17, 15) is 22.0 Å². The van der Waals surface area contributed by atoms with Crippen LogP contribution in [0.4, 0.5) is 22.0 Å². The molecule has 0 atom stereocenters. The molecule has 8 nitrogen and oxygen atoms in total. The standard InChI is InChI=1S/C27H18F5N5O3/c1-13-23-17(24(28)29)10-18(15-5-8-20-21(9-15)40-12-39-20)33-25(23)37(36-13)26-34-19(11-22(35-26)27(30,31)32)14-3-6-16(38-2)7-4-14/h3-11,24H,12H2,1-2H3. The normalized spacial score (nSPS) is 12.9. The van der Waals surface area contributed by atoms with Crippen molar-refractivity contribution in [1.29, 1.82) is 0 Å². The molecule has 0 N–H and O–H groups in total. The fraction of sp³-hybridized carbons (Fsp3) is 0.185. The van der Waals surface area contributed by atoms with Crippen molar-refractivity contribution in [2.75, 3.05) is 13.9 Å². The first-order valence-corrected chi connectivity index (χ1v) is 11.8. The van der Waals surface area contributed by atoms with Gasteiger partial charge in [-0.25, -0.2) is 23.7 Å². The van der Waals surface area contributed by atoms with E-state index in [2.05, 4.69) is 20.1 Å². The number of fused-ring (bicyclic) bond motifs is 2. The van der Waals surface area contributed by atoms with Crippen LogP contribution in [-0.2, 0) is 6.18 Å². The molecule has 0 amide bonds. The van der Waals surface area contributed by atoms with Crippen LogP contribution in [0.25, 0.3) is 39.5 Å². The lowest BCUT2D eigenvalue weighted by Crippen LogP contribution is -2.14. The summed E-state index contributed by atoms with van der Waals surface area (Å²) in [5.41, 5.74) is -0.751. The van der Waals surface area contributed by atoms with Crippen molar-refractivity contribution in [1.82, 2.24) is 24.7 Å². The van der Waals surface area contributed by atoms with Crippen LogP contribution in [0.15, 0.2) is 54.6 Å². The second kappa shape index (κ2) is 9.43. The summed E-state index contributed by atoms with van der Waals surface area (Å²) in [6.45, 7) is 1.48. The smallest absolute Gasteiger partial charge is 0.433 e. The average Bonchev–Trinajstić information content (AvgIpc) is 3.55. The summed E-state index contributed by atoms with van der Waals surface area (Å²) in [7, 11) is 1.46. The second-order valence-electron chi connectivity index (χ2n) is 8.83. The minimum Gasteiger partial charge on any atom is -0.497 e. The van der Waals surface area contributed by atoms with Crippen molar-refractivity contribution in [3.63, 3.8) is 0 Å². The van der Waals surface area contributed by atoms with Crippen molar-refractivity contribution in [2.45, 2.75) is 19.5 Å². The molecule has 0 radical (unpaired) electrons. The van der Waals surface area contributed by atoms with Gasteiger partial charge in [0, 0.05) is 16.7 Å². The average molecular weight is 555 g/mol. The van der Waals surface area contributed by atoms with Crippen LogP contribution < -0.4 is 14.2 Å². The minimum atomic E-state index is -4.82. The van der Waals surface area contributed by atoms with Crippen LogP contribution in [-0.4, -0.2) is 38.6 Å². The maximum atomic E-state index is 14.3. The fourth-order valence-electron chi connectivity index (χ4n) is 4.42. The highest BCUT2D eigenvalue weighted by atomic mass is 19.4. The lowest BCUT2D eigenvalue weighted by atomic mass is 10.1. The molecular formula is C27H18F5N5O3. The highest BCUT2D eigenvalue weighted by molar-refractivity contribution is 5.86. The molecule has 2 aromatic carbocycles. The monoisotopic (exact) mass is 555 g/mol. The number of ether oxygens (including phenoxy) is 3. The number of pyridine rings is 1. The van der Waals surface area contributed by atoms with E-state index in [1.165, 1.54) is 20.1 Å². The van der Waals surface area contributed by atoms with E-state index < -0.39 is 24.2 Å². The van der Waals surface area contributed by atoms with Crippen molar-refractivity contribution in [3.8, 4) is 45.7 Å². The van der Waals surface area contributed by atoms with Gasteiger partial charge in [-0.05, 0) is 61.5 Å². The zero-order valence-corrected chi connectivity index (χ0v) is 20.8. The number of aromatic nitrogens is 5. The van der Waals surface area contributed by atoms with Gasteiger partial charge in [0.25, 0.3) is 12.4 Å². The molecule has 40 heavy (non-hydrogen) atoms. The largest absolute Gasteiger partial charge is 0.497 e. The van der Waals surface area contributed by atoms with Crippen LogP contribution in [0.3, 0.4) is 0 Å². The van der Waals surface area contributed by atoms with Crippen molar-refractivity contribution in [3.05, 3.63) is 71.5 Å². The first-order valence-electron chi connectivity index (χ1n) is 11.8. The molecule has 0 spiro atoms. The summed E-state index contributed by atoms with van der Waals surface area (Å²) in [6.07, 6.45) is -7.75. The van der Waals surface area contributed by atoms with Gasteiger partial charge in [0.2, 0.25) is 6.79 Å². The van der Waals surface area contributed by atoms with E-state index in [1.807, 2.05) is 0 Å². The Morgan fingerprint density at radius 1 is 0.875 bits per heavy atom. The molecule has 0 fully saturated rings. The maximum absolute atomic E-state index is 14.3. The topological polar surface area (TPSA) is 84.2 Å². The first-order chi connectivity index (χ1) is 19.1. The van der Waals surface area contributed by atoms with E-state index in [1.54, 1.807) is 42.5 Å². The summed E-state index contributed by atoms with van der Waals surface area (Å²) in [5.74, 6) is 0.924. The molecule has 13 heteroatoms. The number of rotatable bonds is 5. The molecule has 4 heterocycles. The summed E-state index contributed by atoms with van der Waals surface area (Å²) < 4.78 is 87.0. The molecule has 5 aromatic rings. The molecule has 0 aliphatic carbocycles. The van der Waals surface area contributed by atoms with Gasteiger partial charge in [-0.3, -0.25) is 0 Å². The Balaban J connectivity index is 1.58. The summed E-state index contributed by atoms with van der Waals surface area (Å²) in [5, 5.41) is 4.24. The number of nitrogens with zero attached hydrogens (tertiary/aromatic N) is 5. The number of alkyl halides is 5. The number of hydrogen-bond donors (Lipinski definition) is 0. The summed E-state index contributed by atoms with van der Waals surface area (Å²) in [6, 6.07) is 13.1. The van der Waals surface area contributed by atoms with Crippen LogP contribution >= 0.6 is 0 Å². The Kier molecular flexibility index (Phi) is 6.01. The Hall–Kier alpha value is -4.81. The van der Waals surface area contributed by atoms with Gasteiger partial charge in [-0.15, -0.1) is 0 Å². The maximum Gasteiger partial charge on any atom is 0.433 e. The molecule has 204 valence electrons. The van der Waals surface area contributed by atoms with Gasteiger partial charge >= 0.3 is 6.18 Å². The Morgan fingerprint density at radius 2 is 1.57 bits per heavy atom. The Labute approximate surface area is 223 Å². The predicted octanol–water partition coefficient (Wildman–Crippen LogP) is 6.55. The van der Waals surface area contributed by atoms with E-state index >= 15 is 0 Å². The highest BCUT2D eigenvalue weighted by Crippen LogP contribution is 2.39. The Bertz CT molecular complexity index is 1750. The van der Waals surface area contributed by atoms with Gasteiger partial charge in [0.1, 0.15) is 5.75 Å². The molecule has 1 aliphatic rings. The fourth-order valence-corrected chi connectivity index (χ4v) is 4.42. The number of benzene rings is 2. The van der Waals surface area contributed by atoms with E-state index in [4.69, 9.17) is 14.2 Å². The molecule has 1 aliphatic heterocycles. The van der Waals surface area contributed by atoms with E-state index in [0.717, 1.165) is 10.7 Å². The lowest BCUT2D eigenvalue weighted by molar-refractivity contribution is -0.141. The first kappa shape index (κ1) is 25.5. The molecular weight excluding hydrogens is 537 g/mol. The van der Waals surface area contributed by atoms with E-state index in [0.29, 0.717) is 28.4 Å². The van der Waals surface area contributed by atoms with Gasteiger partial charge in [0.15, 0.2) is 22.8 Å². The van der Waals surface area contributed by atoms with Crippen LogP contribution in [0.1, 0.15) is 23.4 Å². The van der Waals surface area contributed by atoms with Crippen LogP contribution in [0.5, 0.6) is 17.2 Å². The molecule has 0 saturated carbocycles. The zero-order chi connectivity index (χ0) is 28.2. The second-order valence-corrected chi connectivity index (χ2v) is 8.83. The van der Waals surface area contributed by atoms with E-state index in [-0.39, 0.29) is 40.5 Å². The zero-order valence-electron chi connectivity index (χ0n) is 20.8. The Morgan fingerprint density at radius 3 is 2.27 bits per heavy atom. The van der Waals surface area contributed by atoms with Gasteiger partial charge in [0.05, 0.1) is 29.6 Å². The van der Waals surface area contributed by atoms with Crippen molar-refractivity contribution in [2.24, 2.45) is 0 Å². The SMILES string of the molecule is COc1ccc(-c2cc(C(F)(F)F)nc(-n3nc(C)c4c(C(F)F)cc(-c5ccc6c(c5)OCO6)nc43)n2)cc1. The number of hydrogen-bond acceptors (Lipinski definition) is 7. The van der Waals surface area contributed by atoms with Crippen LogP contribution in [0.2, 0.25) is 0 Å². The van der Waals surface area contributed by atoms with Gasteiger partial charge < -0.3 is 14.2 Å². The predicted molar refractivity (Wildman–Crippen MR) is 133 cm³/mol. The number of halogens is 5. The third-order valence-corrected chi connectivity index (χ3v) is 6.33. The molecule has 3 aromatic heterocycles. The lowest BCUT2D eigenvalue weighted by Gasteiger charge is -2.12. The third kappa shape index (κ3) is 4.42. The molecule has 0 saturated heterocycles. The summed E-state index contributed by atoms with van der Waals surface area (Å²) in [4.78, 5) is 12.5. The number of methoxy groups -OCH3 is 1. The van der Waals surface area contributed by atoms with Crippen molar-refractivity contribution < 1.29 is 36.2 Å². The van der Waals surface area contributed by atoms with Crippen molar-refractivity contribution >= 4 is 11.0 Å². The molecule has 6 rings (SSSR count). The van der Waals surface area contributed by atoms with Gasteiger partial charge in [-0.2, -0.15) is 23.0 Å². The highest BCUT2D eigenvalue weighted by Gasteiger charge is 2.34. The van der Waals surface area contributed by atoms with Crippen LogP contribution in [0, 0.1) is 6.92 Å². The van der Waals surface area contributed by atoms with Gasteiger partial charge in [-0.1, -0.05) is 0 Å². The minimum absolute atomic E-state index is 0.00787. The third-order valence-electron chi connectivity index (χ3n) is 6.33. The number of aryl methyl sites for hydroxylation is 1. The summed E-state index contributed by atoms with van der Waals surface area (Å²) >= 11 is 0. The molecule has 0 bridgehead atoms.